The van der Waals surface area contributed by atoms with Crippen LogP contribution < -0.4 is 0 Å². The third kappa shape index (κ3) is 3.23. The summed E-state index contributed by atoms with van der Waals surface area (Å²) in [5.41, 5.74) is 2.81. The van der Waals surface area contributed by atoms with Crippen molar-refractivity contribution in [1.29, 1.82) is 5.41 Å². The third-order valence-electron chi connectivity index (χ3n) is 5.19. The van der Waals surface area contributed by atoms with Gasteiger partial charge < -0.3 is 30.0 Å². The molecule has 146 valence electrons. The molecular weight excluding hydrogens is 380 g/mol. The molecule has 28 heavy (non-hydrogen) atoms. The van der Waals surface area contributed by atoms with Crippen LogP contribution in [0.5, 0.6) is 0 Å². The van der Waals surface area contributed by atoms with Gasteiger partial charge in [-0.1, -0.05) is 48.0 Å². The maximum absolute atomic E-state index is 10.5. The second-order valence-corrected chi connectivity index (χ2v) is 7.39. The number of aromatic nitrogens is 1. The van der Waals surface area contributed by atoms with Gasteiger partial charge in [0.2, 0.25) is 0 Å². The number of fused-ring (bicyclic) bond motifs is 1. The highest BCUT2D eigenvalue weighted by molar-refractivity contribution is 6.35. The largest absolute Gasteiger partial charge is 0.387 e. The maximum atomic E-state index is 10.5. The van der Waals surface area contributed by atoms with Crippen molar-refractivity contribution in [3.8, 4) is 0 Å². The Bertz CT molecular complexity index is 991. The second kappa shape index (κ2) is 7.66. The van der Waals surface area contributed by atoms with Crippen LogP contribution in [-0.4, -0.2) is 50.5 Å². The predicted octanol–water partition coefficient (Wildman–Crippen LogP) is 2.52. The third-order valence-corrected chi connectivity index (χ3v) is 5.50. The molecule has 1 aliphatic rings. The lowest BCUT2D eigenvalue weighted by Gasteiger charge is -2.39. The van der Waals surface area contributed by atoms with Gasteiger partial charge in [-0.3, -0.25) is 0 Å². The van der Waals surface area contributed by atoms with Crippen LogP contribution in [0.15, 0.2) is 54.7 Å². The Morgan fingerprint density at radius 2 is 1.75 bits per heavy atom. The van der Waals surface area contributed by atoms with E-state index in [0.29, 0.717) is 11.4 Å². The van der Waals surface area contributed by atoms with E-state index in [4.69, 9.17) is 21.7 Å². The second-order valence-electron chi connectivity index (χ2n) is 6.99. The molecule has 5 atom stereocenters. The molecule has 2 heterocycles. The lowest BCUT2D eigenvalue weighted by Crippen LogP contribution is -2.55. The summed E-state index contributed by atoms with van der Waals surface area (Å²) in [5, 5.41) is 39.7. The monoisotopic (exact) mass is 400 g/mol. The molecule has 0 amide bonds. The first-order valence-corrected chi connectivity index (χ1v) is 9.41. The molecule has 1 aromatic heterocycles. The topological polar surface area (TPSA) is 98.7 Å². The lowest BCUT2D eigenvalue weighted by molar-refractivity contribution is -0.225. The summed E-state index contributed by atoms with van der Waals surface area (Å²) in [6.07, 6.45) is -2.72. The van der Waals surface area contributed by atoms with Gasteiger partial charge in [-0.15, -0.1) is 0 Å². The van der Waals surface area contributed by atoms with Crippen LogP contribution in [0, 0.1) is 5.41 Å². The van der Waals surface area contributed by atoms with Crippen LogP contribution in [0.4, 0.5) is 0 Å². The van der Waals surface area contributed by atoms with E-state index in [1.54, 1.807) is 10.6 Å². The zero-order valence-electron chi connectivity index (χ0n) is 14.9. The minimum Gasteiger partial charge on any atom is -0.387 e. The molecule has 0 saturated carbocycles. The number of halogens is 1. The highest BCUT2D eigenvalue weighted by Gasteiger charge is 2.44. The minimum atomic E-state index is -1.43. The first-order valence-electron chi connectivity index (χ1n) is 9.03. The van der Waals surface area contributed by atoms with Gasteiger partial charge >= 0.3 is 0 Å². The number of hydrogen-bond acceptors (Lipinski definition) is 5. The van der Waals surface area contributed by atoms with Crippen molar-refractivity contribution in [3.63, 3.8) is 0 Å². The van der Waals surface area contributed by atoms with Crippen LogP contribution in [0.2, 0.25) is 5.02 Å². The molecule has 7 heteroatoms. The Balaban J connectivity index is 1.81. The van der Waals surface area contributed by atoms with Gasteiger partial charge in [0.15, 0.2) is 6.23 Å². The molecule has 0 unspecified atom stereocenters. The van der Waals surface area contributed by atoms with Gasteiger partial charge in [0.25, 0.3) is 0 Å². The summed E-state index contributed by atoms with van der Waals surface area (Å²) in [7, 11) is 0. The van der Waals surface area contributed by atoms with E-state index >= 15 is 0 Å². The zero-order valence-corrected chi connectivity index (χ0v) is 15.7. The number of nitrogens with one attached hydrogen (secondary N) is 1. The van der Waals surface area contributed by atoms with Crippen molar-refractivity contribution < 1.29 is 20.1 Å². The standard InChI is InChI=1S/C21H21ClN2O4/c22-14-7-4-8-15-17(14)13(9-12-5-2-1-3-6-12)11-24(15)21-20(27)19(26)18(25)16(10-23)28-21/h1-8,10-11,16,18-21,23,25-27H,9H2/t16-,18-,19+,20-,21-/m1/s1. The van der Waals surface area contributed by atoms with Gasteiger partial charge in [-0.2, -0.15) is 0 Å². The number of aliphatic hydroxyl groups is 3. The number of rotatable bonds is 4. The molecule has 3 aromatic rings. The molecule has 0 spiro atoms. The predicted molar refractivity (Wildman–Crippen MR) is 107 cm³/mol. The van der Waals surface area contributed by atoms with E-state index < -0.39 is 30.6 Å². The average Bonchev–Trinajstić information content (AvgIpc) is 3.07. The summed E-state index contributed by atoms with van der Waals surface area (Å²) < 4.78 is 7.46. The molecular formula is C21H21ClN2O4. The number of nitrogens with zero attached hydrogens (tertiary/aromatic N) is 1. The zero-order chi connectivity index (χ0) is 19.8. The molecule has 4 N–H and O–H groups in total. The molecule has 1 aliphatic heterocycles. The summed E-state index contributed by atoms with van der Waals surface area (Å²) >= 11 is 6.48. The van der Waals surface area contributed by atoms with Gasteiger partial charge in [-0.25, -0.2) is 0 Å². The highest BCUT2D eigenvalue weighted by Crippen LogP contribution is 2.36. The van der Waals surface area contributed by atoms with E-state index in [9.17, 15) is 15.3 Å². The van der Waals surface area contributed by atoms with Gasteiger partial charge in [0.05, 0.1) is 10.5 Å². The number of aliphatic hydroxyl groups excluding tert-OH is 3. The summed E-state index contributed by atoms with van der Waals surface area (Å²) in [6.45, 7) is 0. The van der Waals surface area contributed by atoms with E-state index in [-0.39, 0.29) is 0 Å². The van der Waals surface area contributed by atoms with Gasteiger partial charge in [-0.05, 0) is 29.7 Å². The van der Waals surface area contributed by atoms with E-state index in [1.165, 1.54) is 0 Å². The number of ether oxygens (including phenoxy) is 1. The normalized spacial score (nSPS) is 27.8. The van der Waals surface area contributed by atoms with Gasteiger partial charge in [0.1, 0.15) is 24.4 Å². The average molecular weight is 401 g/mol. The van der Waals surface area contributed by atoms with Crippen LogP contribution in [-0.2, 0) is 11.2 Å². The van der Waals surface area contributed by atoms with Crippen molar-refractivity contribution in [1.82, 2.24) is 4.57 Å². The fourth-order valence-corrected chi connectivity index (χ4v) is 4.05. The Morgan fingerprint density at radius 3 is 2.46 bits per heavy atom. The Labute approximate surface area is 167 Å². The Hall–Kier alpha value is -2.22. The van der Waals surface area contributed by atoms with Crippen LogP contribution in [0.1, 0.15) is 17.4 Å². The van der Waals surface area contributed by atoms with Crippen molar-refractivity contribution in [2.24, 2.45) is 0 Å². The van der Waals surface area contributed by atoms with Crippen molar-refractivity contribution >= 4 is 28.7 Å². The fourth-order valence-electron chi connectivity index (χ4n) is 3.76. The van der Waals surface area contributed by atoms with Crippen molar-refractivity contribution in [2.75, 3.05) is 0 Å². The summed E-state index contributed by atoms with van der Waals surface area (Å²) in [4.78, 5) is 0. The first-order chi connectivity index (χ1) is 13.5. The SMILES string of the molecule is N=C[C@H]1O[C@@H](n2cc(Cc3ccccc3)c3c(Cl)cccc32)[C@H](O)[C@@H](O)[C@@H]1O. The minimum absolute atomic E-state index is 0.580. The fraction of sp³-hybridized carbons (Fsp3) is 0.286. The summed E-state index contributed by atoms with van der Waals surface area (Å²) in [5.74, 6) is 0. The lowest BCUT2D eigenvalue weighted by atomic mass is 9.98. The van der Waals surface area contributed by atoms with Gasteiger partial charge in [0, 0.05) is 17.8 Å². The number of hydrogen-bond donors (Lipinski definition) is 4. The molecule has 0 radical (unpaired) electrons. The molecule has 0 bridgehead atoms. The highest BCUT2D eigenvalue weighted by atomic mass is 35.5. The molecule has 1 saturated heterocycles. The van der Waals surface area contributed by atoms with Crippen LogP contribution >= 0.6 is 11.6 Å². The van der Waals surface area contributed by atoms with Crippen molar-refractivity contribution in [2.45, 2.75) is 37.1 Å². The molecule has 1 fully saturated rings. The van der Waals surface area contributed by atoms with E-state index in [2.05, 4.69) is 0 Å². The Morgan fingerprint density at radius 1 is 1.00 bits per heavy atom. The Kier molecular flexibility index (Phi) is 5.23. The maximum Gasteiger partial charge on any atom is 0.163 e. The molecule has 0 aliphatic carbocycles. The molecule has 6 nitrogen and oxygen atoms in total. The van der Waals surface area contributed by atoms with E-state index in [0.717, 1.165) is 28.2 Å². The van der Waals surface area contributed by atoms with E-state index in [1.807, 2.05) is 48.7 Å². The quantitative estimate of drug-likeness (QED) is 0.506. The molecule has 4 rings (SSSR count). The van der Waals surface area contributed by atoms with Crippen LogP contribution in [0.25, 0.3) is 10.9 Å². The van der Waals surface area contributed by atoms with Crippen LogP contribution in [0.3, 0.4) is 0 Å². The molecule has 2 aromatic carbocycles. The first kappa shape index (κ1) is 19.1. The summed E-state index contributed by atoms with van der Waals surface area (Å²) in [6, 6.07) is 15.4. The van der Waals surface area contributed by atoms with Crippen molar-refractivity contribution in [3.05, 3.63) is 70.9 Å². The number of benzene rings is 2. The smallest absolute Gasteiger partial charge is 0.163 e.